The monoisotopic (exact) mass is 417 g/mol. The lowest BCUT2D eigenvalue weighted by Crippen LogP contribution is -2.37. The van der Waals surface area contributed by atoms with E-state index in [4.69, 9.17) is 0 Å². The summed E-state index contributed by atoms with van der Waals surface area (Å²) in [6.07, 6.45) is 2.82. The first-order valence-corrected chi connectivity index (χ1v) is 11.8. The van der Waals surface area contributed by atoms with Gasteiger partial charge in [-0.3, -0.25) is 0 Å². The number of aliphatic carboxylic acids is 1. The molecule has 0 radical (unpaired) electrons. The first kappa shape index (κ1) is 19.9. The van der Waals surface area contributed by atoms with Gasteiger partial charge in [-0.15, -0.1) is 0 Å². The molecule has 1 aliphatic carbocycles. The van der Waals surface area contributed by atoms with Gasteiger partial charge in [0.1, 0.15) is 11.9 Å². The highest BCUT2D eigenvalue weighted by Crippen LogP contribution is 2.35. The summed E-state index contributed by atoms with van der Waals surface area (Å²) >= 11 is 0. The molecule has 29 heavy (non-hydrogen) atoms. The molecule has 1 saturated carbocycles. The molecule has 0 spiro atoms. The second kappa shape index (κ2) is 7.82. The van der Waals surface area contributed by atoms with E-state index in [9.17, 15) is 18.3 Å². The van der Waals surface area contributed by atoms with E-state index in [0.717, 1.165) is 25.0 Å². The normalized spacial score (nSPS) is 22.2. The maximum Gasteiger partial charge on any atom is 0.326 e. The average Bonchev–Trinajstić information content (AvgIpc) is 3.22. The third kappa shape index (κ3) is 4.47. The van der Waals surface area contributed by atoms with Crippen LogP contribution in [-0.2, 0) is 27.6 Å². The van der Waals surface area contributed by atoms with Gasteiger partial charge >= 0.3 is 5.97 Å². The second-order valence-corrected chi connectivity index (χ2v) is 10.6. The van der Waals surface area contributed by atoms with Crippen molar-refractivity contribution in [2.45, 2.75) is 50.4 Å². The molecule has 0 amide bonds. The topological polar surface area (TPSA) is 92.5 Å². The number of carbonyl (C=O) groups is 1. The molecule has 1 saturated heterocycles. The number of rotatable bonds is 8. The zero-order valence-corrected chi connectivity index (χ0v) is 17.4. The number of sulfone groups is 1. The average molecular weight is 418 g/mol. The smallest absolute Gasteiger partial charge is 0.326 e. The van der Waals surface area contributed by atoms with E-state index >= 15 is 0 Å². The Labute approximate surface area is 171 Å². The van der Waals surface area contributed by atoms with Crippen LogP contribution in [-0.4, -0.2) is 52.9 Å². The third-order valence-electron chi connectivity index (χ3n) is 5.85. The van der Waals surface area contributed by atoms with Gasteiger partial charge in [0.2, 0.25) is 0 Å². The van der Waals surface area contributed by atoms with Crippen LogP contribution in [0, 0.1) is 12.8 Å². The number of carboxylic acids is 1. The molecule has 1 N–H and O–H groups in total. The minimum Gasteiger partial charge on any atom is -0.480 e. The molecule has 8 heteroatoms. The van der Waals surface area contributed by atoms with E-state index in [1.165, 1.54) is 5.56 Å². The Balaban J connectivity index is 1.56. The molecule has 7 nitrogen and oxygen atoms in total. The largest absolute Gasteiger partial charge is 0.480 e. The fraction of sp³-hybridized carbons (Fsp3) is 0.524. The van der Waals surface area contributed by atoms with Crippen LogP contribution in [0.1, 0.15) is 30.5 Å². The molecule has 4 rings (SSSR count). The lowest BCUT2D eigenvalue weighted by Gasteiger charge is -2.24. The first-order chi connectivity index (χ1) is 13.8. The molecule has 2 heterocycles. The Kier molecular flexibility index (Phi) is 5.38. The Bertz CT molecular complexity index is 983. The molecule has 2 fully saturated rings. The van der Waals surface area contributed by atoms with Crippen molar-refractivity contribution in [2.75, 3.05) is 17.2 Å². The summed E-state index contributed by atoms with van der Waals surface area (Å²) in [5, 5.41) is 13.7. The van der Waals surface area contributed by atoms with Crippen LogP contribution in [0.4, 0.5) is 5.82 Å². The van der Waals surface area contributed by atoms with Gasteiger partial charge in [0.05, 0.1) is 16.7 Å². The summed E-state index contributed by atoms with van der Waals surface area (Å²) in [6.45, 7) is 2.69. The van der Waals surface area contributed by atoms with Gasteiger partial charge in [-0.1, -0.05) is 30.3 Å². The molecule has 1 aliphatic heterocycles. The second-order valence-electron chi connectivity index (χ2n) is 8.24. The molecule has 1 aromatic carbocycles. The molecule has 2 aromatic rings. The number of hydrogen-bond acceptors (Lipinski definition) is 5. The Hall–Kier alpha value is -2.35. The van der Waals surface area contributed by atoms with E-state index in [-0.39, 0.29) is 24.6 Å². The van der Waals surface area contributed by atoms with Gasteiger partial charge < -0.3 is 10.0 Å². The number of aromatic nitrogens is 2. The third-order valence-corrected chi connectivity index (χ3v) is 8.14. The molecular weight excluding hydrogens is 390 g/mol. The van der Waals surface area contributed by atoms with Crippen molar-refractivity contribution in [1.82, 2.24) is 9.78 Å². The van der Waals surface area contributed by atoms with Crippen molar-refractivity contribution in [3.05, 3.63) is 47.7 Å². The van der Waals surface area contributed by atoms with Gasteiger partial charge in [0, 0.05) is 19.2 Å². The summed E-state index contributed by atoms with van der Waals surface area (Å²) in [6, 6.07) is 11.1. The SMILES string of the molecule is Cc1cc(N2C[C@H](S(=O)(=O)CC3CC3)C[C@H]2C(=O)O)n(CCc2ccccc2)n1. The minimum atomic E-state index is -3.30. The predicted molar refractivity (Wildman–Crippen MR) is 111 cm³/mol. The van der Waals surface area contributed by atoms with Gasteiger partial charge in [0.25, 0.3) is 0 Å². The van der Waals surface area contributed by atoms with E-state index in [0.29, 0.717) is 12.4 Å². The van der Waals surface area contributed by atoms with Crippen LogP contribution in [0.5, 0.6) is 0 Å². The minimum absolute atomic E-state index is 0.132. The van der Waals surface area contributed by atoms with Crippen LogP contribution in [0.15, 0.2) is 36.4 Å². The number of nitrogens with zero attached hydrogens (tertiary/aromatic N) is 3. The number of benzene rings is 1. The summed E-state index contributed by atoms with van der Waals surface area (Å²) < 4.78 is 27.4. The lowest BCUT2D eigenvalue weighted by molar-refractivity contribution is -0.138. The quantitative estimate of drug-likeness (QED) is 0.708. The van der Waals surface area contributed by atoms with Crippen LogP contribution in [0.3, 0.4) is 0 Å². The summed E-state index contributed by atoms with van der Waals surface area (Å²) in [7, 11) is -3.30. The van der Waals surface area contributed by atoms with E-state index < -0.39 is 27.1 Å². The van der Waals surface area contributed by atoms with Crippen molar-refractivity contribution >= 4 is 21.6 Å². The summed E-state index contributed by atoms with van der Waals surface area (Å²) in [5.74, 6) is 0.151. The highest BCUT2D eigenvalue weighted by atomic mass is 32.2. The van der Waals surface area contributed by atoms with Gasteiger partial charge in [-0.05, 0) is 44.1 Å². The maximum absolute atomic E-state index is 12.8. The fourth-order valence-corrected chi connectivity index (χ4v) is 6.23. The van der Waals surface area contributed by atoms with E-state index in [2.05, 4.69) is 5.10 Å². The molecule has 0 unspecified atom stereocenters. The van der Waals surface area contributed by atoms with Gasteiger partial charge in [-0.25, -0.2) is 17.9 Å². The number of carboxylic acid groups (broad SMARTS) is 1. The molecule has 2 atom stereocenters. The zero-order chi connectivity index (χ0) is 20.6. The Morgan fingerprint density at radius 2 is 1.97 bits per heavy atom. The van der Waals surface area contributed by atoms with Crippen molar-refractivity contribution in [2.24, 2.45) is 5.92 Å². The van der Waals surface area contributed by atoms with Crippen molar-refractivity contribution in [1.29, 1.82) is 0 Å². The highest BCUT2D eigenvalue weighted by molar-refractivity contribution is 7.92. The molecule has 156 valence electrons. The molecule has 0 bridgehead atoms. The summed E-state index contributed by atoms with van der Waals surface area (Å²) in [5.41, 5.74) is 1.97. The molecule has 2 aliphatic rings. The van der Waals surface area contributed by atoms with Crippen LogP contribution in [0.2, 0.25) is 0 Å². The maximum atomic E-state index is 12.8. The van der Waals surface area contributed by atoms with E-state index in [1.807, 2.05) is 48.0 Å². The standard InChI is InChI=1S/C21H27N3O4S/c1-15-11-20(24(22-15)10-9-16-5-3-2-4-6-16)23-13-18(12-19(23)21(25)26)29(27,28)14-17-7-8-17/h2-6,11,17-19H,7-10,12-14H2,1H3,(H,25,26)/t18-,19+/m1/s1. The van der Waals surface area contributed by atoms with Crippen molar-refractivity contribution in [3.8, 4) is 0 Å². The zero-order valence-electron chi connectivity index (χ0n) is 16.6. The Morgan fingerprint density at radius 1 is 1.24 bits per heavy atom. The lowest BCUT2D eigenvalue weighted by atomic mass is 10.1. The van der Waals surface area contributed by atoms with Crippen LogP contribution < -0.4 is 4.90 Å². The van der Waals surface area contributed by atoms with Crippen LogP contribution >= 0.6 is 0 Å². The first-order valence-electron chi connectivity index (χ1n) is 10.1. The van der Waals surface area contributed by atoms with E-state index in [1.54, 1.807) is 4.90 Å². The van der Waals surface area contributed by atoms with Gasteiger partial charge in [-0.2, -0.15) is 5.10 Å². The van der Waals surface area contributed by atoms with Crippen molar-refractivity contribution in [3.63, 3.8) is 0 Å². The van der Waals surface area contributed by atoms with Crippen LogP contribution in [0.25, 0.3) is 0 Å². The molecule has 1 aromatic heterocycles. The van der Waals surface area contributed by atoms with Crippen molar-refractivity contribution < 1.29 is 18.3 Å². The molecular formula is C21H27N3O4S. The number of hydrogen-bond donors (Lipinski definition) is 1. The predicted octanol–water partition coefficient (Wildman–Crippen LogP) is 2.29. The Morgan fingerprint density at radius 3 is 2.62 bits per heavy atom. The summed E-state index contributed by atoms with van der Waals surface area (Å²) in [4.78, 5) is 13.6. The van der Waals surface area contributed by atoms with Gasteiger partial charge in [0.15, 0.2) is 9.84 Å². The number of anilines is 1. The highest BCUT2D eigenvalue weighted by Gasteiger charge is 2.45. The fourth-order valence-electron chi connectivity index (χ4n) is 4.10. The number of aryl methyl sites for hydroxylation is 3.